The van der Waals surface area contributed by atoms with Crippen LogP contribution in [-0.2, 0) is 33.6 Å². The van der Waals surface area contributed by atoms with Gasteiger partial charge in [0.05, 0.1) is 48.8 Å². The van der Waals surface area contributed by atoms with Crippen molar-refractivity contribution in [3.63, 3.8) is 0 Å². The van der Waals surface area contributed by atoms with Crippen LogP contribution in [0.25, 0.3) is 0 Å². The number of ether oxygens (including phenoxy) is 2. The highest BCUT2D eigenvalue weighted by atomic mass is 17.2. The fourth-order valence-corrected chi connectivity index (χ4v) is 6.73. The van der Waals surface area contributed by atoms with Crippen molar-refractivity contribution in [2.24, 2.45) is 23.7 Å². The van der Waals surface area contributed by atoms with Crippen LogP contribution in [0.15, 0.2) is 0 Å². The van der Waals surface area contributed by atoms with Gasteiger partial charge in [-0.2, -0.15) is 0 Å². The van der Waals surface area contributed by atoms with Crippen molar-refractivity contribution < 1.29 is 49.0 Å². The second-order valence-corrected chi connectivity index (χ2v) is 11.8. The minimum atomic E-state index is -1.05. The number of carboxylic acids is 2. The summed E-state index contributed by atoms with van der Waals surface area (Å²) in [5.74, 6) is -4.12. The maximum atomic E-state index is 12.7. The van der Waals surface area contributed by atoms with Gasteiger partial charge in [0.15, 0.2) is 0 Å². The molecule has 4 fully saturated rings. The van der Waals surface area contributed by atoms with Crippen LogP contribution in [-0.4, -0.2) is 70.4 Å². The average Bonchev–Trinajstić information content (AvgIpc) is 2.91. The van der Waals surface area contributed by atoms with Gasteiger partial charge in [0.25, 0.3) is 0 Å². The molecule has 0 aromatic heterocycles. The van der Waals surface area contributed by atoms with E-state index in [-0.39, 0.29) is 42.7 Å². The number of aliphatic hydroxyl groups excluding tert-OH is 1. The molecule has 5 atom stereocenters. The van der Waals surface area contributed by atoms with Gasteiger partial charge in [-0.1, -0.05) is 12.8 Å². The Balaban J connectivity index is 1.10. The summed E-state index contributed by atoms with van der Waals surface area (Å²) < 4.78 is 12.0. The molecular formula is C28H44O10. The second-order valence-electron chi connectivity index (χ2n) is 11.8. The van der Waals surface area contributed by atoms with Gasteiger partial charge in [0, 0.05) is 0 Å². The van der Waals surface area contributed by atoms with Gasteiger partial charge in [-0.3, -0.25) is 14.4 Å². The molecule has 10 nitrogen and oxygen atoms in total. The standard InChI is InChI=1S/C28H44O10/c29-18-5-14-24(25(15-18)27(32)33)28(34)37-21-8-6-19(7-9-21)36-20-10-12-22(13-11-20)38-35-16-17-3-1-2-4-23(17)26(30)31/h17-25,29H,1-16H2,(H,30,31)(H,32,33). The first kappa shape index (κ1) is 29.2. The molecule has 5 unspecified atom stereocenters. The van der Waals surface area contributed by atoms with Crippen LogP contribution in [0.3, 0.4) is 0 Å². The quantitative estimate of drug-likeness (QED) is 0.212. The summed E-state index contributed by atoms with van der Waals surface area (Å²) in [5, 5.41) is 28.6. The zero-order chi connectivity index (χ0) is 27.1. The molecule has 0 heterocycles. The van der Waals surface area contributed by atoms with Gasteiger partial charge in [-0.15, -0.1) is 0 Å². The number of aliphatic carboxylic acids is 2. The Morgan fingerprint density at radius 1 is 0.632 bits per heavy atom. The van der Waals surface area contributed by atoms with Crippen LogP contribution in [0.5, 0.6) is 0 Å². The number of carbonyl (C=O) groups excluding carboxylic acids is 1. The zero-order valence-corrected chi connectivity index (χ0v) is 22.2. The van der Waals surface area contributed by atoms with Gasteiger partial charge in [-0.05, 0) is 89.4 Å². The highest BCUT2D eigenvalue weighted by Crippen LogP contribution is 2.35. The Hall–Kier alpha value is -1.75. The summed E-state index contributed by atoms with van der Waals surface area (Å²) in [6.45, 7) is 0.334. The number of hydrogen-bond acceptors (Lipinski definition) is 8. The van der Waals surface area contributed by atoms with Gasteiger partial charge in [0.2, 0.25) is 0 Å². The predicted molar refractivity (Wildman–Crippen MR) is 134 cm³/mol. The van der Waals surface area contributed by atoms with Crippen LogP contribution in [0.2, 0.25) is 0 Å². The van der Waals surface area contributed by atoms with Crippen molar-refractivity contribution in [3.8, 4) is 0 Å². The van der Waals surface area contributed by atoms with Crippen LogP contribution in [0.1, 0.15) is 96.3 Å². The van der Waals surface area contributed by atoms with Gasteiger partial charge in [0.1, 0.15) is 6.10 Å². The number of rotatable bonds is 10. The van der Waals surface area contributed by atoms with Gasteiger partial charge < -0.3 is 24.8 Å². The lowest BCUT2D eigenvalue weighted by Gasteiger charge is -2.35. The van der Waals surface area contributed by atoms with Crippen LogP contribution in [0.4, 0.5) is 0 Å². The Kier molecular flexibility index (Phi) is 10.8. The Morgan fingerprint density at radius 3 is 1.84 bits per heavy atom. The van der Waals surface area contributed by atoms with E-state index < -0.39 is 35.8 Å². The Labute approximate surface area is 224 Å². The molecule has 0 aromatic carbocycles. The van der Waals surface area contributed by atoms with E-state index >= 15 is 0 Å². The van der Waals surface area contributed by atoms with Crippen LogP contribution >= 0.6 is 0 Å². The molecule has 4 saturated carbocycles. The van der Waals surface area contributed by atoms with Gasteiger partial charge >= 0.3 is 17.9 Å². The van der Waals surface area contributed by atoms with Crippen molar-refractivity contribution in [3.05, 3.63) is 0 Å². The van der Waals surface area contributed by atoms with E-state index in [2.05, 4.69) is 0 Å². The lowest BCUT2D eigenvalue weighted by Crippen LogP contribution is -2.40. The van der Waals surface area contributed by atoms with E-state index in [1.807, 2.05) is 0 Å². The van der Waals surface area contributed by atoms with Crippen molar-refractivity contribution in [2.45, 2.75) is 127 Å². The lowest BCUT2D eigenvalue weighted by molar-refractivity contribution is -0.338. The van der Waals surface area contributed by atoms with E-state index in [9.17, 15) is 29.7 Å². The molecule has 0 bridgehead atoms. The van der Waals surface area contributed by atoms with Crippen molar-refractivity contribution in [1.82, 2.24) is 0 Å². The summed E-state index contributed by atoms with van der Waals surface area (Å²) in [7, 11) is 0. The molecule has 216 valence electrons. The maximum Gasteiger partial charge on any atom is 0.310 e. The van der Waals surface area contributed by atoms with Crippen molar-refractivity contribution >= 4 is 17.9 Å². The number of aliphatic hydroxyl groups is 1. The minimum Gasteiger partial charge on any atom is -0.481 e. The molecule has 10 heteroatoms. The Bertz CT molecular complexity index is 787. The van der Waals surface area contributed by atoms with Crippen LogP contribution < -0.4 is 0 Å². The number of carboxylic acid groups (broad SMARTS) is 2. The molecule has 4 aliphatic carbocycles. The summed E-state index contributed by atoms with van der Waals surface area (Å²) in [4.78, 5) is 46.8. The van der Waals surface area contributed by atoms with E-state index in [4.69, 9.17) is 19.2 Å². The number of esters is 1. The van der Waals surface area contributed by atoms with Crippen molar-refractivity contribution in [2.75, 3.05) is 6.61 Å². The number of carbonyl (C=O) groups is 3. The molecule has 0 radical (unpaired) electrons. The lowest BCUT2D eigenvalue weighted by atomic mass is 9.78. The first-order valence-corrected chi connectivity index (χ1v) is 14.6. The van der Waals surface area contributed by atoms with E-state index in [1.54, 1.807) is 0 Å². The summed E-state index contributed by atoms with van der Waals surface area (Å²) in [6.07, 6.45) is 10.3. The third-order valence-electron chi connectivity index (χ3n) is 9.07. The number of hydrogen-bond donors (Lipinski definition) is 3. The SMILES string of the molecule is O=C(O)C1CCCCC1COOC1CCC(OC2CCC(OC(=O)C3CCC(O)CC3C(=O)O)CC2)CC1. The van der Waals surface area contributed by atoms with Crippen molar-refractivity contribution in [1.29, 1.82) is 0 Å². The predicted octanol–water partition coefficient (Wildman–Crippen LogP) is 3.87. The molecule has 0 aliphatic heterocycles. The van der Waals surface area contributed by atoms with Crippen LogP contribution in [0, 0.1) is 23.7 Å². The maximum absolute atomic E-state index is 12.7. The molecule has 0 spiro atoms. The molecule has 38 heavy (non-hydrogen) atoms. The molecule has 0 amide bonds. The molecule has 4 aliphatic rings. The average molecular weight is 541 g/mol. The van der Waals surface area contributed by atoms with E-state index in [1.165, 1.54) is 0 Å². The zero-order valence-electron chi connectivity index (χ0n) is 22.2. The summed E-state index contributed by atoms with van der Waals surface area (Å²) >= 11 is 0. The molecule has 3 N–H and O–H groups in total. The molecule has 0 aromatic rings. The van der Waals surface area contributed by atoms with E-state index in [0.717, 1.165) is 57.8 Å². The first-order valence-electron chi connectivity index (χ1n) is 14.6. The van der Waals surface area contributed by atoms with Gasteiger partial charge in [-0.25, -0.2) is 9.78 Å². The highest BCUT2D eigenvalue weighted by molar-refractivity contribution is 5.81. The molecule has 0 saturated heterocycles. The fraction of sp³-hybridized carbons (Fsp3) is 0.893. The molecule has 4 rings (SSSR count). The highest BCUT2D eigenvalue weighted by Gasteiger charge is 2.41. The third kappa shape index (κ3) is 8.13. The monoisotopic (exact) mass is 540 g/mol. The Morgan fingerprint density at radius 2 is 1.21 bits per heavy atom. The molecular weight excluding hydrogens is 496 g/mol. The van der Waals surface area contributed by atoms with E-state index in [0.29, 0.717) is 38.7 Å². The first-order chi connectivity index (χ1) is 18.3. The smallest absolute Gasteiger partial charge is 0.310 e. The largest absolute Gasteiger partial charge is 0.481 e. The minimum absolute atomic E-state index is 0.00685. The summed E-state index contributed by atoms with van der Waals surface area (Å²) in [5.41, 5.74) is 0. The fourth-order valence-electron chi connectivity index (χ4n) is 6.73. The normalized spacial score (nSPS) is 38.3. The second kappa shape index (κ2) is 14.1. The summed E-state index contributed by atoms with van der Waals surface area (Å²) in [6, 6.07) is 0. The third-order valence-corrected chi connectivity index (χ3v) is 9.07. The topological polar surface area (TPSA) is 149 Å².